The van der Waals surface area contributed by atoms with Crippen LogP contribution in [0.4, 0.5) is 0 Å². The number of benzene rings is 3. The first-order valence-corrected chi connectivity index (χ1v) is 10.9. The van der Waals surface area contributed by atoms with Crippen LogP contribution in [0.5, 0.6) is 0 Å². The van der Waals surface area contributed by atoms with Crippen LogP contribution >= 0.6 is 15.9 Å². The highest BCUT2D eigenvalue weighted by Crippen LogP contribution is 2.29. The van der Waals surface area contributed by atoms with Gasteiger partial charge >= 0.3 is 0 Å². The van der Waals surface area contributed by atoms with E-state index >= 15 is 0 Å². The fourth-order valence-corrected chi connectivity index (χ4v) is 4.30. The van der Waals surface area contributed by atoms with Gasteiger partial charge in [0.1, 0.15) is 0 Å². The quantitative estimate of drug-likeness (QED) is 0.251. The molecule has 3 aromatic carbocycles. The van der Waals surface area contributed by atoms with Gasteiger partial charge in [0, 0.05) is 26.2 Å². The Labute approximate surface area is 187 Å². The van der Waals surface area contributed by atoms with Crippen molar-refractivity contribution in [1.29, 1.82) is 0 Å². The van der Waals surface area contributed by atoms with Crippen molar-refractivity contribution in [1.82, 2.24) is 15.0 Å². The van der Waals surface area contributed by atoms with Crippen molar-refractivity contribution in [2.75, 3.05) is 0 Å². The summed E-state index contributed by atoms with van der Waals surface area (Å²) in [6.45, 7) is 0. The molecule has 0 radical (unpaired) electrons. The van der Waals surface area contributed by atoms with Crippen molar-refractivity contribution in [2.24, 2.45) is 0 Å². The van der Waals surface area contributed by atoms with Crippen LogP contribution in [0.2, 0.25) is 0 Å². The number of hydrogen-bond acceptors (Lipinski definition) is 3. The first kappa shape index (κ1) is 18.2. The zero-order valence-electron chi connectivity index (χ0n) is 16.5. The van der Waals surface area contributed by atoms with Crippen molar-refractivity contribution in [3.63, 3.8) is 0 Å². The van der Waals surface area contributed by atoms with E-state index in [0.717, 1.165) is 59.8 Å². The van der Waals surface area contributed by atoms with E-state index in [1.54, 1.807) is 0 Å². The van der Waals surface area contributed by atoms with Gasteiger partial charge in [-0.2, -0.15) is 0 Å². The second kappa shape index (κ2) is 7.25. The van der Waals surface area contributed by atoms with Crippen molar-refractivity contribution >= 4 is 48.6 Å². The first-order chi connectivity index (χ1) is 15.2. The van der Waals surface area contributed by atoms with Crippen LogP contribution in [-0.4, -0.2) is 15.0 Å². The highest BCUT2D eigenvalue weighted by atomic mass is 79.9. The Morgan fingerprint density at radius 3 is 1.81 bits per heavy atom. The second-order valence-corrected chi connectivity index (χ2v) is 8.42. The molecule has 0 spiro atoms. The standard InChI is InChI=1S/C27H16BrN3/c28-21-11-15-23-20(16-21)10-14-24(29-23)25-13-9-19-7-6-18-8-12-22(17-4-2-1-3-5-17)30-26(18)27(19)31-25/h1-16H. The lowest BCUT2D eigenvalue weighted by molar-refractivity contribution is 1.31. The Kier molecular flexibility index (Phi) is 4.25. The average Bonchev–Trinajstić information content (AvgIpc) is 2.83. The fourth-order valence-electron chi connectivity index (χ4n) is 3.92. The predicted molar refractivity (Wildman–Crippen MR) is 131 cm³/mol. The van der Waals surface area contributed by atoms with Crippen LogP contribution in [0.15, 0.2) is 102 Å². The van der Waals surface area contributed by atoms with Crippen molar-refractivity contribution < 1.29 is 0 Å². The summed E-state index contributed by atoms with van der Waals surface area (Å²) in [6.07, 6.45) is 0. The molecule has 146 valence electrons. The Balaban J connectivity index is 1.55. The van der Waals surface area contributed by atoms with E-state index in [9.17, 15) is 0 Å². The molecule has 6 rings (SSSR count). The summed E-state index contributed by atoms with van der Waals surface area (Å²) < 4.78 is 1.05. The number of hydrogen-bond donors (Lipinski definition) is 0. The van der Waals surface area contributed by atoms with Crippen LogP contribution in [0, 0.1) is 0 Å². The SMILES string of the molecule is Brc1ccc2nc(-c3ccc4ccc5ccc(-c6ccccc6)nc5c4n3)ccc2c1. The zero-order valence-corrected chi connectivity index (χ0v) is 18.0. The van der Waals surface area contributed by atoms with E-state index in [0.29, 0.717) is 0 Å². The molecule has 3 aromatic heterocycles. The smallest absolute Gasteiger partial charge is 0.0973 e. The van der Waals surface area contributed by atoms with E-state index in [4.69, 9.17) is 15.0 Å². The molecular formula is C27H16BrN3. The third kappa shape index (κ3) is 3.25. The number of nitrogens with zero attached hydrogens (tertiary/aromatic N) is 3. The molecule has 0 bridgehead atoms. The van der Waals surface area contributed by atoms with E-state index in [1.807, 2.05) is 42.5 Å². The van der Waals surface area contributed by atoms with Gasteiger partial charge in [-0.05, 0) is 36.4 Å². The maximum absolute atomic E-state index is 5.00. The summed E-state index contributed by atoms with van der Waals surface area (Å²) in [5.41, 5.74) is 6.49. The second-order valence-electron chi connectivity index (χ2n) is 7.50. The minimum Gasteiger partial charge on any atom is -0.246 e. The Morgan fingerprint density at radius 2 is 1.06 bits per heavy atom. The van der Waals surface area contributed by atoms with Gasteiger partial charge in [0.25, 0.3) is 0 Å². The van der Waals surface area contributed by atoms with Crippen molar-refractivity contribution in [3.05, 3.63) is 102 Å². The van der Waals surface area contributed by atoms with Gasteiger partial charge in [-0.25, -0.2) is 15.0 Å². The van der Waals surface area contributed by atoms with Crippen LogP contribution < -0.4 is 0 Å². The molecule has 6 aromatic rings. The summed E-state index contributed by atoms with van der Waals surface area (Å²) in [6, 6.07) is 33.0. The lowest BCUT2D eigenvalue weighted by Crippen LogP contribution is -1.92. The third-order valence-corrected chi connectivity index (χ3v) is 6.00. The van der Waals surface area contributed by atoms with Gasteiger partial charge in [-0.3, -0.25) is 0 Å². The van der Waals surface area contributed by atoms with Crippen LogP contribution in [-0.2, 0) is 0 Å². The molecule has 0 saturated carbocycles. The zero-order chi connectivity index (χ0) is 20.8. The molecule has 0 aliphatic rings. The molecule has 0 fully saturated rings. The summed E-state index contributed by atoms with van der Waals surface area (Å²) in [4.78, 5) is 14.8. The minimum atomic E-state index is 0.844. The molecule has 3 nitrogen and oxygen atoms in total. The van der Waals surface area contributed by atoms with E-state index in [1.165, 1.54) is 0 Å². The third-order valence-electron chi connectivity index (χ3n) is 5.50. The molecule has 0 aliphatic heterocycles. The number of rotatable bonds is 2. The largest absolute Gasteiger partial charge is 0.246 e. The van der Waals surface area contributed by atoms with Gasteiger partial charge in [-0.15, -0.1) is 0 Å². The molecule has 0 atom stereocenters. The van der Waals surface area contributed by atoms with Gasteiger partial charge in [0.05, 0.1) is 33.6 Å². The molecule has 0 saturated heterocycles. The number of fused-ring (bicyclic) bond motifs is 4. The molecule has 0 N–H and O–H groups in total. The Bertz CT molecular complexity index is 1590. The molecule has 0 unspecified atom stereocenters. The molecule has 0 amide bonds. The highest BCUT2D eigenvalue weighted by Gasteiger charge is 2.10. The van der Waals surface area contributed by atoms with Gasteiger partial charge in [0.2, 0.25) is 0 Å². The fraction of sp³-hybridized carbons (Fsp3) is 0. The monoisotopic (exact) mass is 461 g/mol. The summed E-state index contributed by atoms with van der Waals surface area (Å²) in [5, 5.41) is 3.24. The van der Waals surface area contributed by atoms with Crippen LogP contribution in [0.1, 0.15) is 0 Å². The van der Waals surface area contributed by atoms with Gasteiger partial charge in [-0.1, -0.05) is 76.6 Å². The predicted octanol–water partition coefficient (Wildman–Crippen LogP) is 7.43. The Morgan fingerprint density at radius 1 is 0.484 bits per heavy atom. The van der Waals surface area contributed by atoms with E-state index < -0.39 is 0 Å². The molecule has 0 aliphatic carbocycles. The van der Waals surface area contributed by atoms with Gasteiger partial charge < -0.3 is 0 Å². The van der Waals surface area contributed by atoms with E-state index in [-0.39, 0.29) is 0 Å². The maximum Gasteiger partial charge on any atom is 0.0973 e. The summed E-state index contributed by atoms with van der Waals surface area (Å²) in [7, 11) is 0. The normalized spacial score (nSPS) is 11.4. The molecule has 4 heteroatoms. The van der Waals surface area contributed by atoms with Gasteiger partial charge in [0.15, 0.2) is 0 Å². The average molecular weight is 462 g/mol. The summed E-state index contributed by atoms with van der Waals surface area (Å²) in [5.74, 6) is 0. The van der Waals surface area contributed by atoms with Crippen LogP contribution in [0.25, 0.3) is 55.4 Å². The summed E-state index contributed by atoms with van der Waals surface area (Å²) >= 11 is 3.52. The van der Waals surface area contributed by atoms with E-state index in [2.05, 4.69) is 70.5 Å². The lowest BCUT2D eigenvalue weighted by Gasteiger charge is -2.08. The number of aromatic nitrogens is 3. The first-order valence-electron chi connectivity index (χ1n) is 10.1. The highest BCUT2D eigenvalue weighted by molar-refractivity contribution is 9.10. The van der Waals surface area contributed by atoms with Crippen molar-refractivity contribution in [2.45, 2.75) is 0 Å². The topological polar surface area (TPSA) is 38.7 Å². The molecule has 31 heavy (non-hydrogen) atoms. The number of pyridine rings is 3. The minimum absolute atomic E-state index is 0.844. The van der Waals surface area contributed by atoms with Crippen molar-refractivity contribution in [3.8, 4) is 22.6 Å². The Hall–Kier alpha value is -3.63. The number of halogens is 1. The molecule has 3 heterocycles. The molecular weight excluding hydrogens is 446 g/mol. The maximum atomic E-state index is 5.00. The lowest BCUT2D eigenvalue weighted by atomic mass is 10.1. The van der Waals surface area contributed by atoms with Crippen LogP contribution in [0.3, 0.4) is 0 Å².